The number of ether oxygens (including phenoxy) is 1. The molecule has 1 aliphatic carbocycles. The summed E-state index contributed by atoms with van der Waals surface area (Å²) < 4.78 is 19.4. The monoisotopic (exact) mass is 368 g/mol. The summed E-state index contributed by atoms with van der Waals surface area (Å²) in [5.74, 6) is 1.26. The lowest BCUT2D eigenvalue weighted by molar-refractivity contribution is 0.362. The van der Waals surface area contributed by atoms with Crippen LogP contribution in [0.2, 0.25) is 0 Å². The van der Waals surface area contributed by atoms with Crippen LogP contribution >= 0.6 is 0 Å². The molecular weight excluding hydrogens is 343 g/mol. The maximum absolute atomic E-state index is 14.3. The molecule has 1 aromatic carbocycles. The number of aryl methyl sites for hydroxylation is 1. The number of imidazole rings is 1. The van der Waals surface area contributed by atoms with Gasteiger partial charge in [0.05, 0.1) is 30.8 Å². The van der Waals surface area contributed by atoms with Crippen molar-refractivity contribution < 1.29 is 9.13 Å². The summed E-state index contributed by atoms with van der Waals surface area (Å²) in [4.78, 5) is 7.63. The Morgan fingerprint density at radius 3 is 2.85 bits per heavy atom. The van der Waals surface area contributed by atoms with Gasteiger partial charge in [0.25, 0.3) is 0 Å². The van der Waals surface area contributed by atoms with Crippen molar-refractivity contribution in [1.29, 1.82) is 0 Å². The van der Waals surface area contributed by atoms with Crippen LogP contribution in [0, 0.1) is 24.6 Å². The molecule has 27 heavy (non-hydrogen) atoms. The number of nitrogens with zero attached hydrogens (tertiary/aromatic N) is 3. The Labute approximate surface area is 158 Å². The Morgan fingerprint density at radius 2 is 2.15 bits per heavy atom. The van der Waals surface area contributed by atoms with Gasteiger partial charge in [-0.2, -0.15) is 10.2 Å². The average Bonchev–Trinajstić information content (AvgIpc) is 3.38. The zero-order valence-electron chi connectivity index (χ0n) is 16.0. The van der Waals surface area contributed by atoms with Gasteiger partial charge in [-0.1, -0.05) is 13.3 Å². The van der Waals surface area contributed by atoms with Crippen LogP contribution in [0.5, 0.6) is 5.75 Å². The number of nitrogens with one attached hydrogen (secondary N) is 1. The first-order valence-corrected chi connectivity index (χ1v) is 9.60. The lowest BCUT2D eigenvalue weighted by Crippen LogP contribution is -2.19. The summed E-state index contributed by atoms with van der Waals surface area (Å²) in [5.41, 5.74) is 4.91. The minimum absolute atomic E-state index is 0.291. The van der Waals surface area contributed by atoms with Gasteiger partial charge in [0.1, 0.15) is 5.52 Å². The largest absolute Gasteiger partial charge is 0.494 e. The van der Waals surface area contributed by atoms with E-state index in [-0.39, 0.29) is 5.82 Å². The molecule has 3 aromatic rings. The molecule has 5 nitrogen and oxygen atoms in total. The van der Waals surface area contributed by atoms with Crippen molar-refractivity contribution in [1.82, 2.24) is 20.2 Å². The highest BCUT2D eigenvalue weighted by atomic mass is 19.1. The molecule has 4 rings (SSSR count). The van der Waals surface area contributed by atoms with Crippen LogP contribution in [0.1, 0.15) is 48.9 Å². The molecule has 1 N–H and O–H groups in total. The number of benzene rings is 1. The SMILES string of the molecule is CCC(Cc1cc(F)c(OC)cc1C)C(c1nncc2[nH]cnc12)C1CC1. The molecular formula is C21H25FN4O. The Kier molecular flexibility index (Phi) is 4.81. The predicted molar refractivity (Wildman–Crippen MR) is 102 cm³/mol. The highest BCUT2D eigenvalue weighted by Crippen LogP contribution is 2.49. The first kappa shape index (κ1) is 17.9. The summed E-state index contributed by atoms with van der Waals surface area (Å²) in [5, 5.41) is 8.69. The minimum Gasteiger partial charge on any atom is -0.494 e. The summed E-state index contributed by atoms with van der Waals surface area (Å²) in [7, 11) is 1.50. The zero-order valence-corrected chi connectivity index (χ0v) is 16.0. The molecule has 2 heterocycles. The van der Waals surface area contributed by atoms with E-state index in [0.29, 0.717) is 23.5 Å². The van der Waals surface area contributed by atoms with Gasteiger partial charge in [0.15, 0.2) is 11.6 Å². The molecule has 2 unspecified atom stereocenters. The molecule has 6 heteroatoms. The van der Waals surface area contributed by atoms with Crippen molar-refractivity contribution in [2.24, 2.45) is 11.8 Å². The number of halogens is 1. The van der Waals surface area contributed by atoms with Crippen molar-refractivity contribution >= 4 is 11.0 Å². The molecule has 2 aromatic heterocycles. The topological polar surface area (TPSA) is 63.7 Å². The van der Waals surface area contributed by atoms with Crippen LogP contribution in [0.15, 0.2) is 24.7 Å². The van der Waals surface area contributed by atoms with E-state index in [1.807, 2.05) is 6.92 Å². The van der Waals surface area contributed by atoms with Gasteiger partial charge >= 0.3 is 0 Å². The van der Waals surface area contributed by atoms with E-state index < -0.39 is 0 Å². The minimum atomic E-state index is -0.301. The van der Waals surface area contributed by atoms with Crippen LogP contribution in [0.25, 0.3) is 11.0 Å². The van der Waals surface area contributed by atoms with E-state index in [4.69, 9.17) is 4.74 Å². The number of hydrogen-bond acceptors (Lipinski definition) is 4. The molecule has 0 bridgehead atoms. The maximum Gasteiger partial charge on any atom is 0.165 e. The standard InChI is InChI=1S/C21H25FN4O/c1-4-13(8-15-9-16(22)18(27-3)7-12(15)2)19(14-5-6-14)21-20-17(10-25-26-21)23-11-24-20/h7,9-11,13-14,19H,4-6,8H2,1-3H3,(H,23,24). The van der Waals surface area contributed by atoms with E-state index in [2.05, 4.69) is 27.1 Å². The van der Waals surface area contributed by atoms with Crippen LogP contribution < -0.4 is 4.74 Å². The third-order valence-corrected chi connectivity index (χ3v) is 5.83. The Balaban J connectivity index is 1.70. The van der Waals surface area contributed by atoms with Gasteiger partial charge in [0.2, 0.25) is 0 Å². The predicted octanol–water partition coefficient (Wildman–Crippen LogP) is 4.57. The van der Waals surface area contributed by atoms with Gasteiger partial charge in [-0.05, 0) is 61.3 Å². The molecule has 1 fully saturated rings. The summed E-state index contributed by atoms with van der Waals surface area (Å²) in [6, 6.07) is 3.42. The fraction of sp³-hybridized carbons (Fsp3) is 0.476. The number of methoxy groups -OCH3 is 1. The molecule has 0 saturated heterocycles. The highest BCUT2D eigenvalue weighted by Gasteiger charge is 2.39. The number of rotatable bonds is 7. The van der Waals surface area contributed by atoms with Crippen molar-refractivity contribution in [3.63, 3.8) is 0 Å². The summed E-state index contributed by atoms with van der Waals surface area (Å²) >= 11 is 0. The number of hydrogen-bond donors (Lipinski definition) is 1. The molecule has 142 valence electrons. The van der Waals surface area contributed by atoms with Crippen LogP contribution in [0.4, 0.5) is 4.39 Å². The second-order valence-corrected chi connectivity index (χ2v) is 7.54. The number of aromatic nitrogens is 4. The van der Waals surface area contributed by atoms with E-state index in [1.54, 1.807) is 24.7 Å². The van der Waals surface area contributed by atoms with Crippen molar-refractivity contribution in [2.45, 2.75) is 45.4 Å². The van der Waals surface area contributed by atoms with Gasteiger partial charge in [0, 0.05) is 5.92 Å². The molecule has 2 atom stereocenters. The Bertz CT molecular complexity index is 951. The zero-order chi connectivity index (χ0) is 19.0. The van der Waals surface area contributed by atoms with E-state index in [9.17, 15) is 4.39 Å². The lowest BCUT2D eigenvalue weighted by atomic mass is 9.78. The molecule has 1 aliphatic rings. The fourth-order valence-electron chi connectivity index (χ4n) is 4.19. The van der Waals surface area contributed by atoms with Gasteiger partial charge in [-0.3, -0.25) is 0 Å². The van der Waals surface area contributed by atoms with E-state index in [1.165, 1.54) is 20.0 Å². The smallest absolute Gasteiger partial charge is 0.165 e. The Morgan fingerprint density at radius 1 is 1.33 bits per heavy atom. The van der Waals surface area contributed by atoms with Gasteiger partial charge in [-0.15, -0.1) is 0 Å². The summed E-state index contributed by atoms with van der Waals surface area (Å²) in [6.07, 6.45) is 7.65. The van der Waals surface area contributed by atoms with Gasteiger partial charge < -0.3 is 9.72 Å². The first-order chi connectivity index (χ1) is 13.1. The van der Waals surface area contributed by atoms with E-state index >= 15 is 0 Å². The molecule has 0 amide bonds. The van der Waals surface area contributed by atoms with Crippen molar-refractivity contribution in [3.05, 3.63) is 47.3 Å². The Hall–Kier alpha value is -2.50. The number of fused-ring (bicyclic) bond motifs is 1. The maximum atomic E-state index is 14.3. The van der Waals surface area contributed by atoms with Crippen LogP contribution in [0.3, 0.4) is 0 Å². The summed E-state index contributed by atoms with van der Waals surface area (Å²) in [6.45, 7) is 4.22. The number of H-pyrrole nitrogens is 1. The van der Waals surface area contributed by atoms with Crippen molar-refractivity contribution in [3.8, 4) is 5.75 Å². The molecule has 1 saturated carbocycles. The lowest BCUT2D eigenvalue weighted by Gasteiger charge is -2.26. The van der Waals surface area contributed by atoms with Gasteiger partial charge in [-0.25, -0.2) is 9.37 Å². The fourth-order valence-corrected chi connectivity index (χ4v) is 4.19. The third-order valence-electron chi connectivity index (χ3n) is 5.83. The quantitative estimate of drug-likeness (QED) is 0.663. The van der Waals surface area contributed by atoms with Crippen LogP contribution in [-0.4, -0.2) is 27.3 Å². The number of aromatic amines is 1. The normalized spacial score (nSPS) is 16.4. The third kappa shape index (κ3) is 3.40. The second kappa shape index (κ2) is 7.25. The van der Waals surface area contributed by atoms with Crippen molar-refractivity contribution in [2.75, 3.05) is 7.11 Å². The first-order valence-electron chi connectivity index (χ1n) is 9.60. The second-order valence-electron chi connectivity index (χ2n) is 7.54. The average molecular weight is 368 g/mol. The molecule has 0 spiro atoms. The molecule has 0 radical (unpaired) electrons. The highest BCUT2D eigenvalue weighted by molar-refractivity contribution is 5.76. The van der Waals surface area contributed by atoms with Crippen LogP contribution in [-0.2, 0) is 6.42 Å². The van der Waals surface area contributed by atoms with E-state index in [0.717, 1.165) is 40.7 Å². The molecule has 0 aliphatic heterocycles.